The number of hydrogen-bond donors (Lipinski definition) is 1. The lowest BCUT2D eigenvalue weighted by atomic mass is 9.84. The number of fused-ring (bicyclic) bond motifs is 1. The van der Waals surface area contributed by atoms with Gasteiger partial charge in [-0.15, -0.1) is 0 Å². The van der Waals surface area contributed by atoms with Crippen LogP contribution in [0.5, 0.6) is 0 Å². The van der Waals surface area contributed by atoms with E-state index in [1.54, 1.807) is 6.20 Å². The van der Waals surface area contributed by atoms with E-state index in [9.17, 15) is 5.11 Å². The van der Waals surface area contributed by atoms with Gasteiger partial charge in [0.25, 0.3) is 0 Å². The predicted octanol–water partition coefficient (Wildman–Crippen LogP) is 4.00. The monoisotopic (exact) mass is 275 g/mol. The number of aromatic nitrogens is 1. The van der Waals surface area contributed by atoms with E-state index in [-0.39, 0.29) is 5.41 Å². The fourth-order valence-corrected chi connectivity index (χ4v) is 3.30. The maximum absolute atomic E-state index is 11.0. The third-order valence-corrected chi connectivity index (χ3v) is 4.67. The molecule has 0 bridgehead atoms. The average molecular weight is 275 g/mol. The summed E-state index contributed by atoms with van der Waals surface area (Å²) in [5, 5.41) is 13.2. The highest BCUT2D eigenvalue weighted by atomic mass is 16.3. The summed E-state index contributed by atoms with van der Waals surface area (Å²) in [6, 6.07) is 18.5. The average Bonchev–Trinajstić information content (AvgIpc) is 3.36. The molecule has 1 N–H and O–H groups in total. The fraction of sp³-hybridized carbons (Fsp3) is 0.211. The number of rotatable bonds is 3. The van der Waals surface area contributed by atoms with E-state index in [1.165, 1.54) is 5.56 Å². The molecule has 1 saturated carbocycles. The molecule has 1 aliphatic rings. The van der Waals surface area contributed by atoms with Crippen LogP contribution in [0.2, 0.25) is 0 Å². The number of hydrogen-bond acceptors (Lipinski definition) is 2. The first-order chi connectivity index (χ1) is 10.3. The molecule has 3 aromatic rings. The zero-order valence-corrected chi connectivity index (χ0v) is 11.7. The Morgan fingerprint density at radius 1 is 0.952 bits per heavy atom. The van der Waals surface area contributed by atoms with Crippen LogP contribution in [0.1, 0.15) is 30.1 Å². The number of nitrogens with zero attached hydrogens (tertiary/aromatic N) is 1. The van der Waals surface area contributed by atoms with Crippen molar-refractivity contribution >= 4 is 10.8 Å². The van der Waals surface area contributed by atoms with Crippen molar-refractivity contribution in [3.8, 4) is 0 Å². The van der Waals surface area contributed by atoms with Gasteiger partial charge in [-0.05, 0) is 35.4 Å². The van der Waals surface area contributed by atoms with E-state index in [1.807, 2.05) is 42.6 Å². The van der Waals surface area contributed by atoms with Crippen LogP contribution in [0.15, 0.2) is 67.0 Å². The molecule has 1 aliphatic carbocycles. The van der Waals surface area contributed by atoms with Gasteiger partial charge in [0.1, 0.15) is 0 Å². The van der Waals surface area contributed by atoms with Crippen LogP contribution in [-0.4, -0.2) is 10.1 Å². The van der Waals surface area contributed by atoms with Gasteiger partial charge in [-0.25, -0.2) is 0 Å². The maximum Gasteiger partial charge on any atom is 0.0893 e. The summed E-state index contributed by atoms with van der Waals surface area (Å²) in [7, 11) is 0. The molecule has 0 aliphatic heterocycles. The first kappa shape index (κ1) is 12.5. The van der Waals surface area contributed by atoms with Crippen molar-refractivity contribution in [3.05, 3.63) is 78.1 Å². The minimum absolute atomic E-state index is 0.120. The van der Waals surface area contributed by atoms with E-state index >= 15 is 0 Å². The Morgan fingerprint density at radius 2 is 1.76 bits per heavy atom. The lowest BCUT2D eigenvalue weighted by Gasteiger charge is -2.24. The molecule has 0 saturated heterocycles. The van der Waals surface area contributed by atoms with Crippen LogP contribution in [-0.2, 0) is 5.41 Å². The topological polar surface area (TPSA) is 33.1 Å². The van der Waals surface area contributed by atoms with Gasteiger partial charge in [0.05, 0.1) is 6.10 Å². The minimum Gasteiger partial charge on any atom is -0.387 e. The van der Waals surface area contributed by atoms with E-state index in [2.05, 4.69) is 23.2 Å². The largest absolute Gasteiger partial charge is 0.387 e. The first-order valence-corrected chi connectivity index (χ1v) is 7.37. The molecule has 0 radical (unpaired) electrons. The number of pyridine rings is 1. The lowest BCUT2D eigenvalue weighted by Crippen LogP contribution is -2.18. The highest BCUT2D eigenvalue weighted by molar-refractivity contribution is 5.85. The molecule has 1 aromatic heterocycles. The molecule has 1 fully saturated rings. The van der Waals surface area contributed by atoms with E-state index in [0.717, 1.165) is 29.2 Å². The van der Waals surface area contributed by atoms with Crippen LogP contribution in [0.3, 0.4) is 0 Å². The second-order valence-electron chi connectivity index (χ2n) is 5.87. The Bertz CT molecular complexity index is 772. The van der Waals surface area contributed by atoms with Gasteiger partial charge in [0.2, 0.25) is 0 Å². The Kier molecular flexibility index (Phi) is 2.79. The van der Waals surface area contributed by atoms with Gasteiger partial charge in [-0.2, -0.15) is 0 Å². The maximum atomic E-state index is 11.0. The van der Waals surface area contributed by atoms with Gasteiger partial charge in [0.15, 0.2) is 0 Å². The van der Waals surface area contributed by atoms with Crippen molar-refractivity contribution in [2.24, 2.45) is 0 Å². The third-order valence-electron chi connectivity index (χ3n) is 4.67. The van der Waals surface area contributed by atoms with Gasteiger partial charge < -0.3 is 5.11 Å². The number of aliphatic hydroxyl groups excluding tert-OH is 1. The summed E-state index contributed by atoms with van der Waals surface area (Å²) in [5.74, 6) is 0. The zero-order chi connectivity index (χ0) is 14.3. The molecular formula is C19H17NO. The second-order valence-corrected chi connectivity index (χ2v) is 5.87. The van der Waals surface area contributed by atoms with Crippen molar-refractivity contribution in [1.29, 1.82) is 0 Å². The normalized spacial score (nSPS) is 17.6. The van der Waals surface area contributed by atoms with Crippen LogP contribution < -0.4 is 0 Å². The summed E-state index contributed by atoms with van der Waals surface area (Å²) in [4.78, 5) is 4.22. The number of aliphatic hydroxyl groups is 1. The fourth-order valence-electron chi connectivity index (χ4n) is 3.30. The Balaban J connectivity index is 1.83. The molecule has 1 atom stereocenters. The summed E-state index contributed by atoms with van der Waals surface area (Å²) >= 11 is 0. The van der Waals surface area contributed by atoms with Crippen LogP contribution in [0, 0.1) is 0 Å². The highest BCUT2D eigenvalue weighted by Crippen LogP contribution is 2.57. The number of benzene rings is 2. The van der Waals surface area contributed by atoms with Crippen LogP contribution in [0.4, 0.5) is 0 Å². The van der Waals surface area contributed by atoms with Crippen molar-refractivity contribution < 1.29 is 5.11 Å². The molecule has 4 rings (SSSR count). The molecular weight excluding hydrogens is 258 g/mol. The minimum atomic E-state index is -0.479. The van der Waals surface area contributed by atoms with Crippen molar-refractivity contribution in [2.75, 3.05) is 0 Å². The molecule has 2 nitrogen and oxygen atoms in total. The summed E-state index contributed by atoms with van der Waals surface area (Å²) in [5.41, 5.74) is 2.10. The molecule has 2 heteroatoms. The molecule has 1 heterocycles. The predicted molar refractivity (Wildman–Crippen MR) is 84.1 cm³/mol. The zero-order valence-electron chi connectivity index (χ0n) is 11.7. The highest BCUT2D eigenvalue weighted by Gasteiger charge is 2.51. The molecule has 1 unspecified atom stereocenters. The Labute approximate surface area is 124 Å². The van der Waals surface area contributed by atoms with Crippen molar-refractivity contribution in [1.82, 2.24) is 4.98 Å². The van der Waals surface area contributed by atoms with Gasteiger partial charge in [0, 0.05) is 23.2 Å². The van der Waals surface area contributed by atoms with Gasteiger partial charge >= 0.3 is 0 Å². The molecule has 21 heavy (non-hydrogen) atoms. The Morgan fingerprint density at radius 3 is 2.52 bits per heavy atom. The van der Waals surface area contributed by atoms with E-state index in [4.69, 9.17) is 0 Å². The lowest BCUT2D eigenvalue weighted by molar-refractivity contribution is 0.134. The van der Waals surface area contributed by atoms with Crippen molar-refractivity contribution in [2.45, 2.75) is 24.4 Å². The molecule has 0 spiro atoms. The van der Waals surface area contributed by atoms with Crippen LogP contribution >= 0.6 is 0 Å². The Hall–Kier alpha value is -2.19. The standard InChI is InChI=1S/C19H17NO/c21-18(19(10-11-19)15-6-2-1-3-7-15)16-8-4-5-14-9-12-20-13-17(14)16/h1-9,12-13,18,21H,10-11H2. The van der Waals surface area contributed by atoms with Crippen molar-refractivity contribution in [3.63, 3.8) is 0 Å². The first-order valence-electron chi connectivity index (χ1n) is 7.37. The van der Waals surface area contributed by atoms with Crippen LogP contribution in [0.25, 0.3) is 10.8 Å². The second kappa shape index (κ2) is 4.68. The third kappa shape index (κ3) is 1.95. The SMILES string of the molecule is OC(c1cccc2ccncc12)C1(c2ccccc2)CC1. The summed E-state index contributed by atoms with van der Waals surface area (Å²) in [6.45, 7) is 0. The molecule has 0 amide bonds. The summed E-state index contributed by atoms with van der Waals surface area (Å²) in [6.07, 6.45) is 5.24. The molecule has 2 aromatic carbocycles. The quantitative estimate of drug-likeness (QED) is 0.783. The molecule has 104 valence electrons. The van der Waals surface area contributed by atoms with Gasteiger partial charge in [-0.3, -0.25) is 4.98 Å². The summed E-state index contributed by atoms with van der Waals surface area (Å²) < 4.78 is 0. The van der Waals surface area contributed by atoms with Gasteiger partial charge in [-0.1, -0.05) is 48.5 Å². The van der Waals surface area contributed by atoms with E-state index in [0.29, 0.717) is 0 Å². The smallest absolute Gasteiger partial charge is 0.0893 e. The van der Waals surface area contributed by atoms with E-state index < -0.39 is 6.10 Å².